The smallest absolute Gasteiger partial charge is 0.263 e. The molecule has 0 fully saturated rings. The molecule has 0 amide bonds. The maximum atomic E-state index is 12.5. The number of hydrogen-bond donors (Lipinski definition) is 0. The lowest BCUT2D eigenvalue weighted by Gasteiger charge is -2.10. The first-order valence-corrected chi connectivity index (χ1v) is 7.76. The fourth-order valence-electron chi connectivity index (χ4n) is 1.86. The van der Waals surface area contributed by atoms with Crippen LogP contribution in [0, 0.1) is 25.2 Å². The molecule has 0 aliphatic heterocycles. The minimum Gasteiger partial charge on any atom is -0.287 e. The first-order valence-electron chi connectivity index (χ1n) is 6.06. The standard InChI is InChI=1S/C13H15N3OS2/c1-5-16-12(17)10-8(3)9(4)19-11(10)15-13(16)18-7(2)6-14/h7H,5H2,1-4H3/t7-/m1/s1. The van der Waals surface area contributed by atoms with Gasteiger partial charge in [-0.05, 0) is 33.3 Å². The lowest BCUT2D eigenvalue weighted by Crippen LogP contribution is -2.22. The van der Waals surface area contributed by atoms with Gasteiger partial charge in [0.15, 0.2) is 5.16 Å². The fourth-order valence-corrected chi connectivity index (χ4v) is 3.79. The van der Waals surface area contributed by atoms with Crippen molar-refractivity contribution in [2.75, 3.05) is 0 Å². The van der Waals surface area contributed by atoms with E-state index in [0.717, 1.165) is 20.7 Å². The molecule has 100 valence electrons. The molecule has 0 aromatic carbocycles. The van der Waals surface area contributed by atoms with Crippen LogP contribution in [-0.2, 0) is 6.54 Å². The van der Waals surface area contributed by atoms with Crippen molar-refractivity contribution in [3.63, 3.8) is 0 Å². The second-order valence-electron chi connectivity index (χ2n) is 4.30. The molecule has 0 bridgehead atoms. The minimum atomic E-state index is -0.218. The molecule has 2 aromatic rings. The second kappa shape index (κ2) is 5.35. The highest BCUT2D eigenvalue weighted by atomic mass is 32.2. The summed E-state index contributed by atoms with van der Waals surface area (Å²) in [5.74, 6) is 0. The molecular formula is C13H15N3OS2. The van der Waals surface area contributed by atoms with Gasteiger partial charge in [-0.25, -0.2) is 4.98 Å². The van der Waals surface area contributed by atoms with Gasteiger partial charge in [-0.15, -0.1) is 11.3 Å². The number of nitriles is 1. The molecule has 2 heterocycles. The predicted molar refractivity (Wildman–Crippen MR) is 80.0 cm³/mol. The Balaban J connectivity index is 2.73. The van der Waals surface area contributed by atoms with E-state index < -0.39 is 0 Å². The number of rotatable bonds is 3. The van der Waals surface area contributed by atoms with Crippen LogP contribution in [-0.4, -0.2) is 14.8 Å². The van der Waals surface area contributed by atoms with Crippen LogP contribution in [0.25, 0.3) is 10.2 Å². The summed E-state index contributed by atoms with van der Waals surface area (Å²) in [6, 6.07) is 2.16. The van der Waals surface area contributed by atoms with Crippen LogP contribution < -0.4 is 5.56 Å². The average molecular weight is 293 g/mol. The van der Waals surface area contributed by atoms with Gasteiger partial charge in [0.2, 0.25) is 0 Å². The Morgan fingerprint density at radius 1 is 1.53 bits per heavy atom. The number of hydrogen-bond acceptors (Lipinski definition) is 5. The highest BCUT2D eigenvalue weighted by Gasteiger charge is 2.17. The number of thioether (sulfide) groups is 1. The van der Waals surface area contributed by atoms with Gasteiger partial charge in [-0.1, -0.05) is 11.8 Å². The molecular weight excluding hydrogens is 278 g/mol. The Morgan fingerprint density at radius 3 is 2.79 bits per heavy atom. The van der Waals surface area contributed by atoms with Gasteiger partial charge in [-0.2, -0.15) is 5.26 Å². The van der Waals surface area contributed by atoms with Gasteiger partial charge in [0, 0.05) is 11.4 Å². The molecule has 2 rings (SSSR count). The normalized spacial score (nSPS) is 12.6. The molecule has 0 N–H and O–H groups in total. The Morgan fingerprint density at radius 2 is 2.21 bits per heavy atom. The van der Waals surface area contributed by atoms with Gasteiger partial charge in [0.05, 0.1) is 16.7 Å². The first-order chi connectivity index (χ1) is 8.99. The molecule has 4 nitrogen and oxygen atoms in total. The Labute approximate surface area is 120 Å². The molecule has 0 saturated carbocycles. The van der Waals surface area contributed by atoms with Crippen molar-refractivity contribution in [3.05, 3.63) is 20.8 Å². The van der Waals surface area contributed by atoms with Crippen molar-refractivity contribution in [2.24, 2.45) is 0 Å². The number of thiophene rings is 1. The van der Waals surface area contributed by atoms with E-state index in [9.17, 15) is 4.79 Å². The van der Waals surface area contributed by atoms with E-state index in [2.05, 4.69) is 11.1 Å². The fraction of sp³-hybridized carbons (Fsp3) is 0.462. The molecule has 0 spiro atoms. The topological polar surface area (TPSA) is 58.7 Å². The summed E-state index contributed by atoms with van der Waals surface area (Å²) in [4.78, 5) is 19.0. The first kappa shape index (κ1) is 14.1. The SMILES string of the molecule is CCn1c(S[C@H](C)C#N)nc2sc(C)c(C)c2c1=O. The summed E-state index contributed by atoms with van der Waals surface area (Å²) in [7, 11) is 0. The third-order valence-corrected chi connectivity index (χ3v) is 5.12. The van der Waals surface area contributed by atoms with E-state index in [1.807, 2.05) is 27.7 Å². The van der Waals surface area contributed by atoms with Crippen molar-refractivity contribution in [2.45, 2.75) is 44.6 Å². The van der Waals surface area contributed by atoms with E-state index in [-0.39, 0.29) is 10.8 Å². The molecule has 0 aliphatic carbocycles. The lowest BCUT2D eigenvalue weighted by molar-refractivity contribution is 0.635. The average Bonchev–Trinajstić information content (AvgIpc) is 2.65. The quantitative estimate of drug-likeness (QED) is 0.644. The van der Waals surface area contributed by atoms with Crippen LogP contribution in [0.3, 0.4) is 0 Å². The van der Waals surface area contributed by atoms with Gasteiger partial charge >= 0.3 is 0 Å². The maximum absolute atomic E-state index is 12.5. The summed E-state index contributed by atoms with van der Waals surface area (Å²) in [5.41, 5.74) is 1.02. The molecule has 19 heavy (non-hydrogen) atoms. The molecule has 6 heteroatoms. The molecule has 0 radical (unpaired) electrons. The van der Waals surface area contributed by atoms with Crippen LogP contribution in [0.4, 0.5) is 0 Å². The summed E-state index contributed by atoms with van der Waals surface area (Å²) in [6.45, 7) is 8.26. The van der Waals surface area contributed by atoms with Crippen LogP contribution in [0.1, 0.15) is 24.3 Å². The van der Waals surface area contributed by atoms with Crippen molar-refractivity contribution in [1.82, 2.24) is 9.55 Å². The number of aryl methyl sites for hydroxylation is 2. The zero-order valence-electron chi connectivity index (χ0n) is 11.4. The number of fused-ring (bicyclic) bond motifs is 1. The molecule has 0 saturated heterocycles. The third-order valence-electron chi connectivity index (χ3n) is 3.03. The van der Waals surface area contributed by atoms with Crippen molar-refractivity contribution in [3.8, 4) is 6.07 Å². The summed E-state index contributed by atoms with van der Waals surface area (Å²) in [5, 5.41) is 10.0. The largest absolute Gasteiger partial charge is 0.287 e. The minimum absolute atomic E-state index is 0.00184. The Bertz CT molecular complexity index is 724. The highest BCUT2D eigenvalue weighted by molar-refractivity contribution is 8.00. The Kier molecular flexibility index (Phi) is 3.97. The monoisotopic (exact) mass is 293 g/mol. The number of nitrogens with zero attached hydrogens (tertiary/aromatic N) is 3. The van der Waals surface area contributed by atoms with E-state index in [0.29, 0.717) is 11.7 Å². The molecule has 1 atom stereocenters. The van der Waals surface area contributed by atoms with E-state index in [1.165, 1.54) is 11.8 Å². The summed E-state index contributed by atoms with van der Waals surface area (Å²) < 4.78 is 1.65. The molecule has 0 aliphatic rings. The van der Waals surface area contributed by atoms with E-state index in [4.69, 9.17) is 5.26 Å². The molecule has 2 aromatic heterocycles. The second-order valence-corrected chi connectivity index (χ2v) is 6.81. The van der Waals surface area contributed by atoms with Gasteiger partial charge in [0.1, 0.15) is 4.83 Å². The van der Waals surface area contributed by atoms with Crippen molar-refractivity contribution in [1.29, 1.82) is 5.26 Å². The van der Waals surface area contributed by atoms with Crippen LogP contribution >= 0.6 is 23.1 Å². The van der Waals surface area contributed by atoms with E-state index >= 15 is 0 Å². The van der Waals surface area contributed by atoms with Crippen LogP contribution in [0.15, 0.2) is 9.95 Å². The third kappa shape index (κ3) is 2.40. The lowest BCUT2D eigenvalue weighted by atomic mass is 10.2. The van der Waals surface area contributed by atoms with E-state index in [1.54, 1.807) is 15.9 Å². The van der Waals surface area contributed by atoms with Gasteiger partial charge in [-0.3, -0.25) is 9.36 Å². The molecule has 0 unspecified atom stereocenters. The Hall–Kier alpha value is -1.32. The van der Waals surface area contributed by atoms with Crippen molar-refractivity contribution >= 4 is 33.3 Å². The summed E-state index contributed by atoms with van der Waals surface area (Å²) in [6.07, 6.45) is 0. The van der Waals surface area contributed by atoms with Crippen LogP contribution in [0.2, 0.25) is 0 Å². The number of aromatic nitrogens is 2. The predicted octanol–water partition coefficient (Wildman–Crippen LogP) is 3.10. The highest BCUT2D eigenvalue weighted by Crippen LogP contribution is 2.29. The van der Waals surface area contributed by atoms with Crippen LogP contribution in [0.5, 0.6) is 0 Å². The maximum Gasteiger partial charge on any atom is 0.263 e. The zero-order valence-corrected chi connectivity index (χ0v) is 13.0. The zero-order chi connectivity index (χ0) is 14.2. The summed E-state index contributed by atoms with van der Waals surface area (Å²) >= 11 is 2.88. The van der Waals surface area contributed by atoms with Gasteiger partial charge in [0.25, 0.3) is 5.56 Å². The van der Waals surface area contributed by atoms with Gasteiger partial charge < -0.3 is 0 Å². The van der Waals surface area contributed by atoms with Crippen molar-refractivity contribution < 1.29 is 0 Å².